The number of ether oxygens (including phenoxy) is 3. The first-order valence-electron chi connectivity index (χ1n) is 11.5. The van der Waals surface area contributed by atoms with Gasteiger partial charge >= 0.3 is 6.18 Å². The Balaban J connectivity index is 1.41. The van der Waals surface area contributed by atoms with E-state index in [4.69, 9.17) is 14.2 Å². The van der Waals surface area contributed by atoms with E-state index < -0.39 is 17.6 Å². The second-order valence-electron chi connectivity index (χ2n) is 8.35. The summed E-state index contributed by atoms with van der Waals surface area (Å²) < 4.78 is 55.4. The second-order valence-corrected chi connectivity index (χ2v) is 8.35. The molecule has 6 nitrogen and oxygen atoms in total. The molecule has 0 spiro atoms. The first-order valence-corrected chi connectivity index (χ1v) is 11.5. The summed E-state index contributed by atoms with van der Waals surface area (Å²) in [5.41, 5.74) is 0.497. The van der Waals surface area contributed by atoms with Crippen molar-refractivity contribution >= 4 is 33.3 Å². The normalized spacial score (nSPS) is 11.4. The predicted molar refractivity (Wildman–Crippen MR) is 138 cm³/mol. The van der Waals surface area contributed by atoms with Gasteiger partial charge < -0.3 is 19.5 Å². The Kier molecular flexibility index (Phi) is 6.50. The molecular formula is C29H21F3N2O4. The van der Waals surface area contributed by atoms with Crippen molar-refractivity contribution in [3.63, 3.8) is 0 Å². The predicted octanol–water partition coefficient (Wildman–Crippen LogP) is 7.47. The molecule has 5 aromatic rings. The number of carbonyl (C=O) groups is 1. The lowest BCUT2D eigenvalue weighted by Gasteiger charge is -2.13. The number of rotatable bonds is 6. The van der Waals surface area contributed by atoms with Crippen molar-refractivity contribution in [2.24, 2.45) is 0 Å². The lowest BCUT2D eigenvalue weighted by molar-refractivity contribution is -0.137. The van der Waals surface area contributed by atoms with Crippen LogP contribution < -0.4 is 19.5 Å². The number of aromatic nitrogens is 1. The number of amides is 1. The monoisotopic (exact) mass is 518 g/mol. The van der Waals surface area contributed by atoms with E-state index in [1.165, 1.54) is 0 Å². The Morgan fingerprint density at radius 3 is 2.26 bits per heavy atom. The van der Waals surface area contributed by atoms with Gasteiger partial charge in [-0.1, -0.05) is 12.1 Å². The SMILES string of the molecule is COc1cc2nccc(Oc3ccc4c(NC(=O)c5ccc(C(F)(F)F)cc5)cccc4c3)c2cc1OC. The zero-order chi connectivity index (χ0) is 26.9. The average molecular weight is 518 g/mol. The van der Waals surface area contributed by atoms with Crippen LogP contribution in [0.1, 0.15) is 15.9 Å². The van der Waals surface area contributed by atoms with E-state index in [1.807, 2.05) is 12.1 Å². The van der Waals surface area contributed by atoms with E-state index in [0.29, 0.717) is 34.2 Å². The van der Waals surface area contributed by atoms with E-state index in [9.17, 15) is 18.0 Å². The van der Waals surface area contributed by atoms with Gasteiger partial charge in [-0.25, -0.2) is 0 Å². The highest BCUT2D eigenvalue weighted by molar-refractivity contribution is 6.09. The minimum absolute atomic E-state index is 0.117. The van der Waals surface area contributed by atoms with Crippen LogP contribution in [0.4, 0.5) is 18.9 Å². The summed E-state index contributed by atoms with van der Waals surface area (Å²) in [6, 6.07) is 20.2. The molecule has 0 fully saturated rings. The number of hydrogen-bond acceptors (Lipinski definition) is 5. The summed E-state index contributed by atoms with van der Waals surface area (Å²) in [7, 11) is 3.11. The highest BCUT2D eigenvalue weighted by Crippen LogP contribution is 2.38. The number of anilines is 1. The molecular weight excluding hydrogens is 497 g/mol. The van der Waals surface area contributed by atoms with Gasteiger partial charge in [0, 0.05) is 34.3 Å². The van der Waals surface area contributed by atoms with E-state index in [2.05, 4.69) is 10.3 Å². The number of fused-ring (bicyclic) bond motifs is 2. The Hall–Kier alpha value is -4.79. The number of alkyl halides is 3. The van der Waals surface area contributed by atoms with Crippen LogP contribution in [-0.4, -0.2) is 25.1 Å². The van der Waals surface area contributed by atoms with Crippen molar-refractivity contribution in [1.29, 1.82) is 0 Å². The van der Waals surface area contributed by atoms with Gasteiger partial charge in [0.2, 0.25) is 0 Å². The fourth-order valence-electron chi connectivity index (χ4n) is 4.10. The highest BCUT2D eigenvalue weighted by atomic mass is 19.4. The van der Waals surface area contributed by atoms with Gasteiger partial charge in [-0.05, 0) is 66.0 Å². The van der Waals surface area contributed by atoms with Crippen molar-refractivity contribution in [2.75, 3.05) is 19.5 Å². The molecule has 0 aliphatic rings. The largest absolute Gasteiger partial charge is 0.493 e. The summed E-state index contributed by atoms with van der Waals surface area (Å²) in [5, 5.41) is 5.06. The van der Waals surface area contributed by atoms with Gasteiger partial charge in [0.15, 0.2) is 11.5 Å². The van der Waals surface area contributed by atoms with Crippen molar-refractivity contribution < 1.29 is 32.2 Å². The molecule has 0 aliphatic heterocycles. The number of pyridine rings is 1. The third-order valence-corrected chi connectivity index (χ3v) is 6.01. The van der Waals surface area contributed by atoms with Crippen LogP contribution in [0.3, 0.4) is 0 Å². The molecule has 1 amide bonds. The van der Waals surface area contributed by atoms with E-state index in [-0.39, 0.29) is 5.56 Å². The first kappa shape index (κ1) is 24.9. The van der Waals surface area contributed by atoms with Crippen LogP contribution in [0.25, 0.3) is 21.7 Å². The molecule has 9 heteroatoms. The molecule has 0 unspecified atom stereocenters. The number of nitrogens with one attached hydrogen (secondary N) is 1. The standard InChI is InChI=1S/C29H21F3N2O4/c1-36-26-15-22-24(16-27(26)37-2)33-13-12-25(22)38-20-10-11-21-18(14-20)4-3-5-23(21)34-28(35)17-6-8-19(9-7-17)29(30,31)32/h3-16H,1-2H3,(H,34,35). The lowest BCUT2D eigenvalue weighted by Crippen LogP contribution is -2.13. The molecule has 0 radical (unpaired) electrons. The van der Waals surface area contributed by atoms with Crippen LogP contribution in [0.15, 0.2) is 85.1 Å². The molecule has 1 heterocycles. The third kappa shape index (κ3) is 4.90. The number of carbonyl (C=O) groups excluding carboxylic acids is 1. The van der Waals surface area contributed by atoms with Crippen LogP contribution in [0, 0.1) is 0 Å². The van der Waals surface area contributed by atoms with Crippen molar-refractivity contribution in [2.45, 2.75) is 6.18 Å². The Labute approximate surface area is 215 Å². The Bertz CT molecular complexity index is 1650. The van der Waals surface area contributed by atoms with Gasteiger partial charge in [-0.15, -0.1) is 0 Å². The van der Waals surface area contributed by atoms with Gasteiger partial charge in [-0.2, -0.15) is 13.2 Å². The molecule has 38 heavy (non-hydrogen) atoms. The molecule has 0 bridgehead atoms. The highest BCUT2D eigenvalue weighted by Gasteiger charge is 2.30. The van der Waals surface area contributed by atoms with Crippen molar-refractivity contribution in [3.8, 4) is 23.0 Å². The van der Waals surface area contributed by atoms with E-state index in [0.717, 1.165) is 40.4 Å². The number of halogens is 3. The molecule has 1 aromatic heterocycles. The molecule has 4 aromatic carbocycles. The number of benzene rings is 4. The van der Waals surface area contributed by atoms with E-state index in [1.54, 1.807) is 62.9 Å². The maximum atomic E-state index is 12.8. The third-order valence-electron chi connectivity index (χ3n) is 6.01. The summed E-state index contributed by atoms with van der Waals surface area (Å²) >= 11 is 0. The summed E-state index contributed by atoms with van der Waals surface area (Å²) in [6.45, 7) is 0. The Morgan fingerprint density at radius 2 is 1.55 bits per heavy atom. The number of methoxy groups -OCH3 is 2. The maximum Gasteiger partial charge on any atom is 0.416 e. The van der Waals surface area contributed by atoms with Crippen LogP contribution in [0.2, 0.25) is 0 Å². The minimum atomic E-state index is -4.47. The maximum absolute atomic E-state index is 12.8. The molecule has 0 atom stereocenters. The minimum Gasteiger partial charge on any atom is -0.493 e. The van der Waals surface area contributed by atoms with Crippen molar-refractivity contribution in [3.05, 3.63) is 96.2 Å². The van der Waals surface area contributed by atoms with Gasteiger partial charge in [0.05, 0.1) is 25.3 Å². The molecule has 0 aliphatic carbocycles. The van der Waals surface area contributed by atoms with Crippen LogP contribution in [-0.2, 0) is 6.18 Å². The van der Waals surface area contributed by atoms with Gasteiger partial charge in [0.25, 0.3) is 5.91 Å². The quantitative estimate of drug-likeness (QED) is 0.253. The zero-order valence-electron chi connectivity index (χ0n) is 20.3. The molecule has 1 N–H and O–H groups in total. The lowest BCUT2D eigenvalue weighted by atomic mass is 10.1. The van der Waals surface area contributed by atoms with Crippen LogP contribution >= 0.6 is 0 Å². The average Bonchev–Trinajstić information content (AvgIpc) is 2.92. The summed E-state index contributed by atoms with van der Waals surface area (Å²) in [5.74, 6) is 1.72. The molecule has 0 saturated carbocycles. The smallest absolute Gasteiger partial charge is 0.416 e. The Morgan fingerprint density at radius 1 is 0.816 bits per heavy atom. The van der Waals surface area contributed by atoms with Gasteiger partial charge in [-0.3, -0.25) is 9.78 Å². The summed E-state index contributed by atoms with van der Waals surface area (Å²) in [6.07, 6.45) is -2.83. The fourth-order valence-corrected chi connectivity index (χ4v) is 4.10. The number of hydrogen-bond donors (Lipinski definition) is 1. The number of nitrogens with zero attached hydrogens (tertiary/aromatic N) is 1. The van der Waals surface area contributed by atoms with Crippen LogP contribution in [0.5, 0.6) is 23.0 Å². The molecule has 0 saturated heterocycles. The topological polar surface area (TPSA) is 69.7 Å². The first-order chi connectivity index (χ1) is 18.3. The summed E-state index contributed by atoms with van der Waals surface area (Å²) in [4.78, 5) is 17.1. The second kappa shape index (κ2) is 9.93. The van der Waals surface area contributed by atoms with E-state index >= 15 is 0 Å². The fraction of sp³-hybridized carbons (Fsp3) is 0.103. The zero-order valence-corrected chi connectivity index (χ0v) is 20.3. The van der Waals surface area contributed by atoms with Gasteiger partial charge in [0.1, 0.15) is 11.5 Å². The molecule has 5 rings (SSSR count). The molecule has 192 valence electrons. The van der Waals surface area contributed by atoms with Crippen molar-refractivity contribution in [1.82, 2.24) is 4.98 Å².